The molecule has 170 valence electrons. The largest absolute Gasteiger partial charge is 0.486 e. The number of para-hydroxylation sites is 1. The number of hydrogen-bond donors (Lipinski definition) is 0. The fourth-order valence-corrected chi connectivity index (χ4v) is 5.09. The van der Waals surface area contributed by atoms with Crippen LogP contribution >= 0.6 is 23.1 Å². The van der Waals surface area contributed by atoms with E-state index in [9.17, 15) is 4.39 Å². The monoisotopic (exact) mass is 488 g/mol. The normalized spacial score (nSPS) is 11.0. The maximum Gasteiger partial charge on any atom is 0.196 e. The van der Waals surface area contributed by atoms with Crippen molar-refractivity contribution >= 4 is 23.1 Å². The zero-order valence-corrected chi connectivity index (χ0v) is 19.8. The topological polar surface area (TPSA) is 52.8 Å². The van der Waals surface area contributed by atoms with Gasteiger partial charge in [0.15, 0.2) is 5.16 Å². The number of benzene rings is 3. The Morgan fingerprint density at radius 3 is 2.38 bits per heavy atom. The van der Waals surface area contributed by atoms with Crippen LogP contribution in [0.4, 0.5) is 4.39 Å². The fraction of sp³-hybridized carbons (Fsp3) is 0.115. The van der Waals surface area contributed by atoms with Crippen LogP contribution < -0.4 is 4.74 Å². The molecule has 0 fully saturated rings. The molecule has 0 aliphatic carbocycles. The fourth-order valence-electron chi connectivity index (χ4n) is 3.42. The van der Waals surface area contributed by atoms with Crippen LogP contribution in [-0.4, -0.2) is 19.7 Å². The summed E-state index contributed by atoms with van der Waals surface area (Å²) in [6.07, 6.45) is 0.699. The minimum Gasteiger partial charge on any atom is -0.486 e. The summed E-state index contributed by atoms with van der Waals surface area (Å²) in [6.45, 7) is 0.350. The Labute approximate surface area is 205 Å². The van der Waals surface area contributed by atoms with E-state index in [0.29, 0.717) is 24.5 Å². The van der Waals surface area contributed by atoms with Gasteiger partial charge in [-0.05, 0) is 42.0 Å². The van der Waals surface area contributed by atoms with E-state index >= 15 is 0 Å². The number of thiazole rings is 1. The zero-order chi connectivity index (χ0) is 23.2. The van der Waals surface area contributed by atoms with Crippen molar-refractivity contribution in [2.24, 2.45) is 0 Å². The van der Waals surface area contributed by atoms with E-state index in [-0.39, 0.29) is 5.82 Å². The quantitative estimate of drug-likeness (QED) is 0.227. The second-order valence-electron chi connectivity index (χ2n) is 7.50. The molecule has 0 aliphatic rings. The second-order valence-corrected chi connectivity index (χ2v) is 9.38. The van der Waals surface area contributed by atoms with E-state index in [1.165, 1.54) is 17.7 Å². The van der Waals surface area contributed by atoms with Crippen molar-refractivity contribution in [3.05, 3.63) is 118 Å². The summed E-state index contributed by atoms with van der Waals surface area (Å²) in [5, 5.41) is 12.7. The number of aromatic nitrogens is 4. The third kappa shape index (κ3) is 5.52. The molecule has 2 aromatic heterocycles. The summed E-state index contributed by atoms with van der Waals surface area (Å²) in [5.41, 5.74) is 3.18. The number of nitrogens with zero attached hydrogens (tertiary/aromatic N) is 4. The van der Waals surface area contributed by atoms with Gasteiger partial charge in [0, 0.05) is 23.2 Å². The molecular formula is C26H21FN4OS2. The maximum absolute atomic E-state index is 13.0. The van der Waals surface area contributed by atoms with Crippen LogP contribution in [0.1, 0.15) is 22.1 Å². The summed E-state index contributed by atoms with van der Waals surface area (Å²) < 4.78 is 20.9. The molecule has 0 spiro atoms. The number of hydrogen-bond acceptors (Lipinski definition) is 6. The van der Waals surface area contributed by atoms with Gasteiger partial charge in [0.1, 0.15) is 29.0 Å². The van der Waals surface area contributed by atoms with Crippen LogP contribution in [0.3, 0.4) is 0 Å². The Hall–Kier alpha value is -3.49. The van der Waals surface area contributed by atoms with Crippen LogP contribution in [0.25, 0.3) is 5.69 Å². The van der Waals surface area contributed by atoms with Crippen molar-refractivity contribution in [2.75, 3.05) is 0 Å². The SMILES string of the molecule is Fc1ccc(OCc2nc(CSc3nnc(Cc4ccccc4)n3-c3ccccc3)cs2)cc1. The average Bonchev–Trinajstić information content (AvgIpc) is 3.50. The lowest BCUT2D eigenvalue weighted by molar-refractivity contribution is 0.305. The van der Waals surface area contributed by atoms with Crippen LogP contribution in [0.2, 0.25) is 0 Å². The molecule has 5 rings (SSSR count). The molecule has 0 saturated carbocycles. The lowest BCUT2D eigenvalue weighted by atomic mass is 10.1. The number of rotatable bonds is 9. The molecule has 5 aromatic rings. The van der Waals surface area contributed by atoms with Crippen LogP contribution in [0, 0.1) is 5.82 Å². The van der Waals surface area contributed by atoms with Crippen molar-refractivity contribution in [1.29, 1.82) is 0 Å². The average molecular weight is 489 g/mol. The molecule has 0 amide bonds. The molecule has 0 aliphatic heterocycles. The smallest absolute Gasteiger partial charge is 0.196 e. The van der Waals surface area contributed by atoms with E-state index in [0.717, 1.165) is 27.4 Å². The van der Waals surface area contributed by atoms with Gasteiger partial charge in [-0.25, -0.2) is 9.37 Å². The predicted octanol–water partition coefficient (Wildman–Crippen LogP) is 6.33. The third-order valence-electron chi connectivity index (χ3n) is 5.04. The first-order valence-electron chi connectivity index (χ1n) is 10.7. The van der Waals surface area contributed by atoms with Crippen molar-refractivity contribution in [2.45, 2.75) is 23.9 Å². The summed E-state index contributed by atoms with van der Waals surface area (Å²) in [7, 11) is 0. The first kappa shape index (κ1) is 22.3. The molecule has 0 saturated heterocycles. The zero-order valence-electron chi connectivity index (χ0n) is 18.2. The molecule has 0 radical (unpaired) electrons. The number of thioether (sulfide) groups is 1. The van der Waals surface area contributed by atoms with Crippen molar-refractivity contribution in [3.8, 4) is 11.4 Å². The first-order valence-corrected chi connectivity index (χ1v) is 12.6. The Bertz CT molecular complexity index is 1340. The maximum atomic E-state index is 13.0. The van der Waals surface area contributed by atoms with Gasteiger partial charge in [-0.15, -0.1) is 21.5 Å². The van der Waals surface area contributed by atoms with Crippen molar-refractivity contribution in [1.82, 2.24) is 19.7 Å². The molecule has 34 heavy (non-hydrogen) atoms. The highest BCUT2D eigenvalue weighted by Crippen LogP contribution is 2.27. The van der Waals surface area contributed by atoms with E-state index in [4.69, 9.17) is 4.74 Å². The Morgan fingerprint density at radius 1 is 0.882 bits per heavy atom. The third-order valence-corrected chi connectivity index (χ3v) is 6.88. The summed E-state index contributed by atoms with van der Waals surface area (Å²) in [6, 6.07) is 26.4. The summed E-state index contributed by atoms with van der Waals surface area (Å²) in [4.78, 5) is 4.68. The van der Waals surface area contributed by atoms with E-state index < -0.39 is 0 Å². The molecule has 0 unspecified atom stereocenters. The summed E-state index contributed by atoms with van der Waals surface area (Å²) >= 11 is 3.16. The van der Waals surface area contributed by atoms with E-state index in [2.05, 4.69) is 44.0 Å². The molecule has 2 heterocycles. The van der Waals surface area contributed by atoms with Gasteiger partial charge < -0.3 is 4.74 Å². The number of halogens is 1. The Balaban J connectivity index is 1.28. The van der Waals surface area contributed by atoms with Gasteiger partial charge >= 0.3 is 0 Å². The number of ether oxygens (including phenoxy) is 1. The highest BCUT2D eigenvalue weighted by atomic mass is 32.2. The predicted molar refractivity (Wildman–Crippen MR) is 133 cm³/mol. The van der Waals surface area contributed by atoms with Gasteiger partial charge in [-0.1, -0.05) is 60.3 Å². The molecule has 5 nitrogen and oxygen atoms in total. The first-order chi connectivity index (χ1) is 16.7. The Morgan fingerprint density at radius 2 is 1.62 bits per heavy atom. The standard InChI is InChI=1S/C26H21FN4OS2/c27-20-11-13-23(14-12-20)32-16-25-28-21(17-33-25)18-34-26-30-29-24(15-19-7-3-1-4-8-19)31(26)22-9-5-2-6-10-22/h1-14,17H,15-16,18H2. The van der Waals surface area contributed by atoms with Crippen molar-refractivity contribution < 1.29 is 9.13 Å². The van der Waals surface area contributed by atoms with Crippen LogP contribution in [0.5, 0.6) is 5.75 Å². The van der Waals surface area contributed by atoms with Crippen LogP contribution in [0.15, 0.2) is 95.5 Å². The molecule has 0 N–H and O–H groups in total. The summed E-state index contributed by atoms with van der Waals surface area (Å²) in [5.74, 6) is 1.90. The lowest BCUT2D eigenvalue weighted by Gasteiger charge is -2.10. The second kappa shape index (κ2) is 10.6. The highest BCUT2D eigenvalue weighted by molar-refractivity contribution is 7.98. The molecule has 8 heteroatoms. The Kier molecular flexibility index (Phi) is 6.97. The lowest BCUT2D eigenvalue weighted by Crippen LogP contribution is -2.03. The van der Waals surface area contributed by atoms with E-state index in [1.807, 2.05) is 41.8 Å². The minimum absolute atomic E-state index is 0.281. The van der Waals surface area contributed by atoms with Gasteiger partial charge in [0.2, 0.25) is 0 Å². The van der Waals surface area contributed by atoms with Gasteiger partial charge in [-0.3, -0.25) is 4.57 Å². The van der Waals surface area contributed by atoms with Gasteiger partial charge in [-0.2, -0.15) is 0 Å². The van der Waals surface area contributed by atoms with E-state index in [1.54, 1.807) is 35.2 Å². The van der Waals surface area contributed by atoms with Crippen LogP contribution in [-0.2, 0) is 18.8 Å². The van der Waals surface area contributed by atoms with Crippen molar-refractivity contribution in [3.63, 3.8) is 0 Å². The minimum atomic E-state index is -0.281. The molecule has 0 atom stereocenters. The molecular weight excluding hydrogens is 467 g/mol. The molecule has 3 aromatic carbocycles. The molecule has 0 bridgehead atoms. The van der Waals surface area contributed by atoms with Gasteiger partial charge in [0.25, 0.3) is 0 Å². The highest BCUT2D eigenvalue weighted by Gasteiger charge is 2.16. The van der Waals surface area contributed by atoms with Gasteiger partial charge in [0.05, 0.1) is 5.69 Å².